The van der Waals surface area contributed by atoms with Gasteiger partial charge in [0.1, 0.15) is 5.82 Å². The predicted molar refractivity (Wildman–Crippen MR) is 117 cm³/mol. The fourth-order valence-corrected chi connectivity index (χ4v) is 4.48. The number of thiazole rings is 1. The molecule has 1 unspecified atom stereocenters. The van der Waals surface area contributed by atoms with E-state index in [1.54, 1.807) is 45.8 Å². The smallest absolute Gasteiger partial charge is 0.250 e. The fourth-order valence-electron chi connectivity index (χ4n) is 3.52. The molecule has 0 aliphatic carbocycles. The summed E-state index contributed by atoms with van der Waals surface area (Å²) >= 11 is 7.27. The third-order valence-electron chi connectivity index (χ3n) is 5.09. The standard InChI is InChI=1S/C21H15ClFN5O2S/c22-14-3-7-16(8-4-14)27-10-13(9-18(27)29)19(30)24-20-25-21-28(26-20)17(11-31-21)12-1-5-15(23)6-2-12/h1-8,11,13H,9-10H2,(H,24,26,30). The van der Waals surface area contributed by atoms with Crippen LogP contribution in [0.1, 0.15) is 6.42 Å². The van der Waals surface area contributed by atoms with Gasteiger partial charge in [-0.15, -0.1) is 16.4 Å². The Morgan fingerprint density at radius 2 is 1.90 bits per heavy atom. The van der Waals surface area contributed by atoms with Gasteiger partial charge in [-0.1, -0.05) is 11.6 Å². The molecule has 2 aromatic heterocycles. The molecule has 0 spiro atoms. The van der Waals surface area contributed by atoms with Gasteiger partial charge in [0.15, 0.2) is 0 Å². The Balaban J connectivity index is 1.32. The summed E-state index contributed by atoms with van der Waals surface area (Å²) < 4.78 is 14.8. The monoisotopic (exact) mass is 455 g/mol. The van der Waals surface area contributed by atoms with E-state index in [2.05, 4.69) is 15.4 Å². The van der Waals surface area contributed by atoms with E-state index in [0.717, 1.165) is 11.3 Å². The lowest BCUT2D eigenvalue weighted by Crippen LogP contribution is -2.28. The van der Waals surface area contributed by atoms with E-state index in [9.17, 15) is 14.0 Å². The number of halogens is 2. The van der Waals surface area contributed by atoms with Crippen LogP contribution in [0.5, 0.6) is 0 Å². The van der Waals surface area contributed by atoms with Gasteiger partial charge in [-0.2, -0.15) is 4.98 Å². The van der Waals surface area contributed by atoms with Gasteiger partial charge in [-0.3, -0.25) is 14.9 Å². The summed E-state index contributed by atoms with van der Waals surface area (Å²) in [5.41, 5.74) is 2.24. The first-order valence-corrected chi connectivity index (χ1v) is 10.7. The zero-order valence-corrected chi connectivity index (χ0v) is 17.5. The maximum atomic E-state index is 13.2. The quantitative estimate of drug-likeness (QED) is 0.499. The van der Waals surface area contributed by atoms with E-state index >= 15 is 0 Å². The van der Waals surface area contributed by atoms with Crippen LogP contribution in [-0.4, -0.2) is 33.0 Å². The number of nitrogens with one attached hydrogen (secondary N) is 1. The molecule has 1 saturated heterocycles. The number of carbonyl (C=O) groups excluding carboxylic acids is 2. The van der Waals surface area contributed by atoms with Gasteiger partial charge in [0.2, 0.25) is 22.7 Å². The number of hydrogen-bond acceptors (Lipinski definition) is 5. The summed E-state index contributed by atoms with van der Waals surface area (Å²) in [5.74, 6) is -1.11. The van der Waals surface area contributed by atoms with E-state index in [-0.39, 0.29) is 36.5 Å². The lowest BCUT2D eigenvalue weighted by Gasteiger charge is -2.16. The van der Waals surface area contributed by atoms with Crippen LogP contribution in [0.25, 0.3) is 16.2 Å². The van der Waals surface area contributed by atoms with E-state index in [4.69, 9.17) is 11.6 Å². The molecule has 2 aromatic carbocycles. The summed E-state index contributed by atoms with van der Waals surface area (Å²) in [6.45, 7) is 0.273. The molecule has 4 aromatic rings. The Morgan fingerprint density at radius 3 is 2.65 bits per heavy atom. The first kappa shape index (κ1) is 19.7. The second-order valence-corrected chi connectivity index (χ2v) is 8.40. The number of aromatic nitrogens is 3. The summed E-state index contributed by atoms with van der Waals surface area (Å²) in [6.07, 6.45) is 0.109. The van der Waals surface area contributed by atoms with Crippen LogP contribution in [0.15, 0.2) is 53.9 Å². The van der Waals surface area contributed by atoms with Crippen molar-refractivity contribution >= 4 is 51.3 Å². The van der Waals surface area contributed by atoms with Gasteiger partial charge >= 0.3 is 0 Å². The average Bonchev–Trinajstić information content (AvgIpc) is 3.44. The van der Waals surface area contributed by atoms with Crippen molar-refractivity contribution in [3.8, 4) is 11.3 Å². The molecular weight excluding hydrogens is 441 g/mol. The lowest BCUT2D eigenvalue weighted by molar-refractivity contribution is -0.122. The minimum absolute atomic E-state index is 0.109. The number of rotatable bonds is 4. The first-order chi connectivity index (χ1) is 15.0. The van der Waals surface area contributed by atoms with Crippen molar-refractivity contribution in [3.05, 3.63) is 64.8 Å². The average molecular weight is 456 g/mol. The molecule has 1 atom stereocenters. The number of hydrogen-bond donors (Lipinski definition) is 1. The Hall–Kier alpha value is -3.30. The first-order valence-electron chi connectivity index (χ1n) is 9.45. The fraction of sp³-hybridized carbons (Fsp3) is 0.143. The molecule has 7 nitrogen and oxygen atoms in total. The van der Waals surface area contributed by atoms with Gasteiger partial charge in [0, 0.05) is 34.6 Å². The van der Waals surface area contributed by atoms with Crippen molar-refractivity contribution in [2.24, 2.45) is 5.92 Å². The van der Waals surface area contributed by atoms with Crippen LogP contribution < -0.4 is 10.2 Å². The van der Waals surface area contributed by atoms with E-state index in [1.807, 2.05) is 5.38 Å². The molecular formula is C21H15ClFN5O2S. The Morgan fingerprint density at radius 1 is 1.16 bits per heavy atom. The van der Waals surface area contributed by atoms with Crippen LogP contribution in [0.2, 0.25) is 5.02 Å². The molecule has 2 amide bonds. The highest BCUT2D eigenvalue weighted by molar-refractivity contribution is 7.15. The van der Waals surface area contributed by atoms with Crippen molar-refractivity contribution in [1.82, 2.24) is 14.6 Å². The molecule has 1 aliphatic heterocycles. The van der Waals surface area contributed by atoms with Crippen molar-refractivity contribution in [2.45, 2.75) is 6.42 Å². The molecule has 0 saturated carbocycles. The van der Waals surface area contributed by atoms with Gasteiger partial charge in [0.05, 0.1) is 11.6 Å². The molecule has 0 radical (unpaired) electrons. The van der Waals surface area contributed by atoms with Crippen LogP contribution in [0.4, 0.5) is 16.0 Å². The third kappa shape index (κ3) is 3.77. The second-order valence-electron chi connectivity index (χ2n) is 7.13. The molecule has 156 valence electrons. The highest BCUT2D eigenvalue weighted by atomic mass is 35.5. The van der Waals surface area contributed by atoms with Gasteiger partial charge in [-0.25, -0.2) is 8.91 Å². The Bertz CT molecular complexity index is 1290. The van der Waals surface area contributed by atoms with Gasteiger partial charge in [-0.05, 0) is 48.5 Å². The van der Waals surface area contributed by atoms with Crippen LogP contribution in [0, 0.1) is 11.7 Å². The lowest BCUT2D eigenvalue weighted by atomic mass is 10.1. The van der Waals surface area contributed by atoms with E-state index < -0.39 is 5.92 Å². The molecule has 1 aliphatic rings. The minimum Gasteiger partial charge on any atom is -0.312 e. The normalized spacial score (nSPS) is 16.3. The van der Waals surface area contributed by atoms with Gasteiger partial charge in [0.25, 0.3) is 0 Å². The Kier molecular flexibility index (Phi) is 4.91. The second kappa shape index (κ2) is 7.75. The highest BCUT2D eigenvalue weighted by Gasteiger charge is 2.35. The molecule has 10 heteroatoms. The largest absolute Gasteiger partial charge is 0.312 e. The maximum Gasteiger partial charge on any atom is 0.250 e. The highest BCUT2D eigenvalue weighted by Crippen LogP contribution is 2.28. The topological polar surface area (TPSA) is 79.6 Å². The number of amides is 2. The van der Waals surface area contributed by atoms with Crippen molar-refractivity contribution in [1.29, 1.82) is 0 Å². The molecule has 3 heterocycles. The van der Waals surface area contributed by atoms with Crippen LogP contribution >= 0.6 is 22.9 Å². The predicted octanol–water partition coefficient (Wildman–Crippen LogP) is 4.24. The number of nitrogens with zero attached hydrogens (tertiary/aromatic N) is 4. The molecule has 31 heavy (non-hydrogen) atoms. The summed E-state index contributed by atoms with van der Waals surface area (Å²) in [5, 5.41) is 9.53. The van der Waals surface area contributed by atoms with Gasteiger partial charge < -0.3 is 4.90 Å². The van der Waals surface area contributed by atoms with E-state index in [1.165, 1.54) is 23.5 Å². The maximum absolute atomic E-state index is 13.2. The van der Waals surface area contributed by atoms with Crippen molar-refractivity contribution < 1.29 is 14.0 Å². The zero-order chi connectivity index (χ0) is 21.5. The third-order valence-corrected chi connectivity index (χ3v) is 6.16. The summed E-state index contributed by atoms with van der Waals surface area (Å²) in [4.78, 5) is 31.7. The number of benzene rings is 2. The summed E-state index contributed by atoms with van der Waals surface area (Å²) in [6, 6.07) is 13.0. The molecule has 5 rings (SSSR count). The Labute approximate surface area is 185 Å². The number of fused-ring (bicyclic) bond motifs is 1. The zero-order valence-electron chi connectivity index (χ0n) is 16.0. The van der Waals surface area contributed by atoms with E-state index in [0.29, 0.717) is 15.7 Å². The van der Waals surface area contributed by atoms with Crippen LogP contribution in [0.3, 0.4) is 0 Å². The minimum atomic E-state index is -0.513. The summed E-state index contributed by atoms with van der Waals surface area (Å²) in [7, 11) is 0. The van der Waals surface area contributed by atoms with Crippen LogP contribution in [-0.2, 0) is 9.59 Å². The molecule has 1 fully saturated rings. The van der Waals surface area contributed by atoms with Crippen molar-refractivity contribution in [3.63, 3.8) is 0 Å². The van der Waals surface area contributed by atoms with Crippen molar-refractivity contribution in [2.75, 3.05) is 16.8 Å². The molecule has 1 N–H and O–H groups in total. The number of anilines is 2. The SMILES string of the molecule is O=C(Nc1nc2scc(-c3ccc(F)cc3)n2n1)C1CC(=O)N(c2ccc(Cl)cc2)C1. The molecule has 0 bridgehead atoms. The number of carbonyl (C=O) groups is 2.